The van der Waals surface area contributed by atoms with Gasteiger partial charge in [0.05, 0.1) is 5.69 Å². The van der Waals surface area contributed by atoms with Crippen molar-refractivity contribution in [3.8, 4) is 11.3 Å². The van der Waals surface area contributed by atoms with Crippen molar-refractivity contribution in [3.05, 3.63) is 83.3 Å². The molecule has 0 aliphatic heterocycles. The van der Waals surface area contributed by atoms with Gasteiger partial charge in [0.15, 0.2) is 0 Å². The van der Waals surface area contributed by atoms with Gasteiger partial charge in [-0.3, -0.25) is 14.8 Å². The summed E-state index contributed by atoms with van der Waals surface area (Å²) in [5.74, 6) is 0.00431. The van der Waals surface area contributed by atoms with Crippen molar-refractivity contribution in [1.82, 2.24) is 14.9 Å². The van der Waals surface area contributed by atoms with Crippen molar-refractivity contribution < 1.29 is 4.79 Å². The number of nitrogens with zero attached hydrogens (tertiary/aromatic N) is 3. The van der Waals surface area contributed by atoms with Crippen LogP contribution in [0.1, 0.15) is 34.1 Å². The molecule has 0 saturated heterocycles. The molecule has 4 nitrogen and oxygen atoms in total. The fraction of sp³-hybridized carbons (Fsp3) is 0.261. The van der Waals surface area contributed by atoms with Crippen LogP contribution in [0.5, 0.6) is 0 Å². The molecule has 0 aliphatic rings. The second-order valence-corrected chi connectivity index (χ2v) is 7.09. The predicted octanol–water partition coefficient (Wildman–Crippen LogP) is 4.46. The van der Waals surface area contributed by atoms with E-state index in [0.717, 1.165) is 28.9 Å². The maximum absolute atomic E-state index is 13.0. The maximum atomic E-state index is 13.0. The van der Waals surface area contributed by atoms with E-state index in [1.54, 1.807) is 11.1 Å². The van der Waals surface area contributed by atoms with Gasteiger partial charge in [0, 0.05) is 48.7 Å². The predicted molar refractivity (Wildman–Crippen MR) is 109 cm³/mol. The highest BCUT2D eigenvalue weighted by molar-refractivity contribution is 5.95. The molecule has 1 amide bonds. The molecule has 3 aromatic rings. The van der Waals surface area contributed by atoms with Crippen LogP contribution in [-0.2, 0) is 6.42 Å². The van der Waals surface area contributed by atoms with Crippen LogP contribution in [0.3, 0.4) is 0 Å². The number of amides is 1. The van der Waals surface area contributed by atoms with Gasteiger partial charge in [-0.2, -0.15) is 0 Å². The van der Waals surface area contributed by atoms with E-state index in [-0.39, 0.29) is 11.9 Å². The summed E-state index contributed by atoms with van der Waals surface area (Å²) in [7, 11) is 1.85. The molecule has 0 radical (unpaired) electrons. The highest BCUT2D eigenvalue weighted by atomic mass is 16.2. The van der Waals surface area contributed by atoms with Crippen molar-refractivity contribution in [3.63, 3.8) is 0 Å². The number of hydrogen-bond donors (Lipinski definition) is 0. The Morgan fingerprint density at radius 2 is 1.70 bits per heavy atom. The Bertz CT molecular complexity index is 952. The Morgan fingerprint density at radius 1 is 1.00 bits per heavy atom. The minimum Gasteiger partial charge on any atom is -0.339 e. The van der Waals surface area contributed by atoms with Crippen LogP contribution in [0, 0.1) is 13.8 Å². The lowest BCUT2D eigenvalue weighted by Gasteiger charge is -2.25. The van der Waals surface area contributed by atoms with Crippen LogP contribution >= 0.6 is 0 Å². The lowest BCUT2D eigenvalue weighted by Crippen LogP contribution is -2.36. The van der Waals surface area contributed by atoms with Crippen molar-refractivity contribution in [2.75, 3.05) is 7.05 Å². The summed E-state index contributed by atoms with van der Waals surface area (Å²) in [4.78, 5) is 23.6. The minimum atomic E-state index is 0.00431. The van der Waals surface area contributed by atoms with Gasteiger partial charge in [-0.25, -0.2) is 0 Å². The Labute approximate surface area is 160 Å². The van der Waals surface area contributed by atoms with Crippen LogP contribution in [-0.4, -0.2) is 33.9 Å². The molecule has 138 valence electrons. The number of benzene rings is 1. The molecule has 1 aromatic carbocycles. The lowest BCUT2D eigenvalue weighted by molar-refractivity contribution is 0.0743. The molecule has 2 heterocycles. The van der Waals surface area contributed by atoms with Gasteiger partial charge < -0.3 is 4.90 Å². The third-order valence-electron chi connectivity index (χ3n) is 4.78. The monoisotopic (exact) mass is 359 g/mol. The molecule has 27 heavy (non-hydrogen) atoms. The Hall–Kier alpha value is -3.01. The molecule has 1 atom stereocenters. The van der Waals surface area contributed by atoms with Crippen molar-refractivity contribution in [2.45, 2.75) is 33.2 Å². The van der Waals surface area contributed by atoms with Crippen molar-refractivity contribution >= 4 is 5.91 Å². The second-order valence-electron chi connectivity index (χ2n) is 7.09. The summed E-state index contributed by atoms with van der Waals surface area (Å²) in [5.41, 5.74) is 5.82. The normalized spacial score (nSPS) is 11.9. The van der Waals surface area contributed by atoms with Gasteiger partial charge in [-0.15, -0.1) is 0 Å². The van der Waals surface area contributed by atoms with E-state index in [2.05, 4.69) is 23.0 Å². The maximum Gasteiger partial charge on any atom is 0.253 e. The Morgan fingerprint density at radius 3 is 2.41 bits per heavy atom. The highest BCUT2D eigenvalue weighted by Gasteiger charge is 2.19. The summed E-state index contributed by atoms with van der Waals surface area (Å²) in [6, 6.07) is 15.8. The van der Waals surface area contributed by atoms with Crippen LogP contribution in [0.15, 0.2) is 60.9 Å². The second kappa shape index (κ2) is 8.12. The van der Waals surface area contributed by atoms with E-state index in [1.165, 1.54) is 5.56 Å². The minimum absolute atomic E-state index is 0.00431. The van der Waals surface area contributed by atoms with Gasteiger partial charge in [-0.1, -0.05) is 12.1 Å². The molecule has 0 saturated carbocycles. The quantitative estimate of drug-likeness (QED) is 0.675. The third kappa shape index (κ3) is 4.59. The van der Waals surface area contributed by atoms with Crippen LogP contribution in [0.2, 0.25) is 0 Å². The molecule has 3 rings (SSSR count). The zero-order chi connectivity index (χ0) is 19.4. The number of aryl methyl sites for hydroxylation is 2. The SMILES string of the molecule is Cc1ccnc(C[C@@H](C)N(C)C(=O)c2cccc(-c3cc(C)ccn3)c2)c1. The van der Waals surface area contributed by atoms with Gasteiger partial charge in [0.25, 0.3) is 5.91 Å². The molecule has 0 bridgehead atoms. The first-order valence-electron chi connectivity index (χ1n) is 9.16. The number of carbonyl (C=O) groups is 1. The topological polar surface area (TPSA) is 46.1 Å². The molecule has 0 unspecified atom stereocenters. The fourth-order valence-corrected chi connectivity index (χ4v) is 3.06. The molecular weight excluding hydrogens is 334 g/mol. The summed E-state index contributed by atoms with van der Waals surface area (Å²) in [5, 5.41) is 0. The van der Waals surface area contributed by atoms with Gasteiger partial charge in [0.2, 0.25) is 0 Å². The van der Waals surface area contributed by atoms with E-state index < -0.39 is 0 Å². The van der Waals surface area contributed by atoms with Crippen LogP contribution in [0.4, 0.5) is 0 Å². The highest BCUT2D eigenvalue weighted by Crippen LogP contribution is 2.20. The average molecular weight is 359 g/mol. The number of likely N-dealkylation sites (N-methyl/N-ethyl adjacent to an activating group) is 1. The average Bonchev–Trinajstić information content (AvgIpc) is 2.67. The molecule has 0 aliphatic carbocycles. The van der Waals surface area contributed by atoms with Crippen LogP contribution in [0.25, 0.3) is 11.3 Å². The molecule has 4 heteroatoms. The summed E-state index contributed by atoms with van der Waals surface area (Å²) in [6.45, 7) is 6.14. The number of pyridine rings is 2. The molecule has 2 aromatic heterocycles. The largest absolute Gasteiger partial charge is 0.339 e. The van der Waals surface area contributed by atoms with E-state index in [0.29, 0.717) is 5.56 Å². The summed E-state index contributed by atoms with van der Waals surface area (Å²) in [6.07, 6.45) is 4.34. The van der Waals surface area contributed by atoms with E-state index in [4.69, 9.17) is 0 Å². The van der Waals surface area contributed by atoms with Gasteiger partial charge in [0.1, 0.15) is 0 Å². The first-order chi connectivity index (χ1) is 12.9. The van der Waals surface area contributed by atoms with Gasteiger partial charge >= 0.3 is 0 Å². The van der Waals surface area contributed by atoms with E-state index in [9.17, 15) is 4.79 Å². The van der Waals surface area contributed by atoms with E-state index in [1.807, 2.05) is 69.6 Å². The van der Waals surface area contributed by atoms with Crippen LogP contribution < -0.4 is 0 Å². The fourth-order valence-electron chi connectivity index (χ4n) is 3.06. The number of aromatic nitrogens is 2. The molecular formula is C23H25N3O. The zero-order valence-electron chi connectivity index (χ0n) is 16.3. The first-order valence-corrected chi connectivity index (χ1v) is 9.16. The standard InChI is InChI=1S/C23H25N3O/c1-16-8-10-24-21(12-16)14-18(3)26(4)23(27)20-7-5-6-19(15-20)22-13-17(2)9-11-25-22/h5-13,15,18H,14H2,1-4H3/t18-/m1/s1. The lowest BCUT2D eigenvalue weighted by atomic mass is 10.0. The molecule has 0 fully saturated rings. The summed E-state index contributed by atoms with van der Waals surface area (Å²) < 4.78 is 0. The first kappa shape index (κ1) is 18.8. The summed E-state index contributed by atoms with van der Waals surface area (Å²) >= 11 is 0. The Kier molecular flexibility index (Phi) is 5.65. The van der Waals surface area contributed by atoms with Crippen molar-refractivity contribution in [1.29, 1.82) is 0 Å². The smallest absolute Gasteiger partial charge is 0.253 e. The third-order valence-corrected chi connectivity index (χ3v) is 4.78. The Balaban J connectivity index is 1.77. The number of carbonyl (C=O) groups excluding carboxylic acids is 1. The van der Waals surface area contributed by atoms with Gasteiger partial charge in [-0.05, 0) is 68.3 Å². The number of rotatable bonds is 5. The zero-order valence-corrected chi connectivity index (χ0v) is 16.3. The van der Waals surface area contributed by atoms with E-state index >= 15 is 0 Å². The van der Waals surface area contributed by atoms with Crippen molar-refractivity contribution in [2.24, 2.45) is 0 Å². The molecule has 0 N–H and O–H groups in total. The number of hydrogen-bond acceptors (Lipinski definition) is 3. The molecule has 0 spiro atoms.